The van der Waals surface area contributed by atoms with Gasteiger partial charge in [0.05, 0.1) is 8.95 Å². The van der Waals surface area contributed by atoms with Crippen molar-refractivity contribution in [2.75, 3.05) is 0 Å². The number of phenols is 1. The molecule has 15 heavy (non-hydrogen) atoms. The lowest BCUT2D eigenvalue weighted by molar-refractivity contribution is 0.326. The second-order valence-electron chi connectivity index (χ2n) is 4.68. The van der Waals surface area contributed by atoms with Crippen molar-refractivity contribution in [3.05, 3.63) is 26.6 Å². The molecule has 3 N–H and O–H groups in total. The molecule has 84 valence electrons. The van der Waals surface area contributed by atoms with E-state index < -0.39 is 0 Å². The Labute approximate surface area is 107 Å². The van der Waals surface area contributed by atoms with Crippen LogP contribution in [0.3, 0.4) is 0 Å². The fourth-order valence-electron chi connectivity index (χ4n) is 1.26. The zero-order chi connectivity index (χ0) is 11.8. The monoisotopic (exact) mass is 335 g/mol. The topological polar surface area (TPSA) is 46.2 Å². The van der Waals surface area contributed by atoms with Crippen LogP contribution >= 0.6 is 31.9 Å². The summed E-state index contributed by atoms with van der Waals surface area (Å²) in [4.78, 5) is 0. The summed E-state index contributed by atoms with van der Waals surface area (Å²) in [5, 5.41) is 9.58. The van der Waals surface area contributed by atoms with Gasteiger partial charge >= 0.3 is 0 Å². The minimum absolute atomic E-state index is 0.00411. The van der Waals surface area contributed by atoms with Crippen LogP contribution in [0.25, 0.3) is 0 Å². The number of nitrogens with two attached hydrogens (primary N) is 1. The van der Waals surface area contributed by atoms with Crippen LogP contribution in [-0.2, 0) is 0 Å². The normalized spacial score (nSPS) is 14.0. The Bertz CT molecular complexity index is 348. The third kappa shape index (κ3) is 2.95. The van der Waals surface area contributed by atoms with Crippen molar-refractivity contribution in [3.8, 4) is 5.75 Å². The number of rotatable bonds is 1. The van der Waals surface area contributed by atoms with E-state index >= 15 is 0 Å². The van der Waals surface area contributed by atoms with Crippen molar-refractivity contribution in [3.63, 3.8) is 0 Å². The molecule has 0 aliphatic heterocycles. The van der Waals surface area contributed by atoms with Gasteiger partial charge in [-0.25, -0.2) is 0 Å². The first-order valence-corrected chi connectivity index (χ1v) is 6.25. The van der Waals surface area contributed by atoms with Crippen LogP contribution in [0.2, 0.25) is 0 Å². The summed E-state index contributed by atoms with van der Waals surface area (Å²) in [5.74, 6) is 0.208. The molecule has 0 aromatic heterocycles. The van der Waals surface area contributed by atoms with E-state index in [0.29, 0.717) is 8.95 Å². The van der Waals surface area contributed by atoms with Gasteiger partial charge in [-0.3, -0.25) is 0 Å². The van der Waals surface area contributed by atoms with Crippen molar-refractivity contribution < 1.29 is 5.11 Å². The Kier molecular flexibility index (Phi) is 3.85. The third-order valence-electron chi connectivity index (χ3n) is 2.33. The first-order valence-electron chi connectivity index (χ1n) is 4.67. The van der Waals surface area contributed by atoms with Crippen LogP contribution in [0.1, 0.15) is 32.4 Å². The standard InChI is InChI=1S/C11H15Br2NO/c1-11(2,3)10(14)6-4-7(12)9(15)8(13)5-6/h4-5,10,15H,14H2,1-3H3/t10-/m1/s1. The largest absolute Gasteiger partial charge is 0.506 e. The minimum atomic E-state index is -0.0642. The fraction of sp³-hybridized carbons (Fsp3) is 0.455. The molecule has 1 atom stereocenters. The Hall–Kier alpha value is -0.0600. The number of hydrogen-bond donors (Lipinski definition) is 2. The summed E-state index contributed by atoms with van der Waals surface area (Å²) in [7, 11) is 0. The molecule has 0 amide bonds. The van der Waals surface area contributed by atoms with Crippen molar-refractivity contribution in [2.24, 2.45) is 11.1 Å². The van der Waals surface area contributed by atoms with E-state index in [0.717, 1.165) is 5.56 Å². The number of aromatic hydroxyl groups is 1. The van der Waals surface area contributed by atoms with Crippen LogP contribution in [0.4, 0.5) is 0 Å². The molecule has 0 heterocycles. The van der Waals surface area contributed by atoms with Gasteiger partial charge in [0.2, 0.25) is 0 Å². The Morgan fingerprint density at radius 2 is 1.60 bits per heavy atom. The van der Waals surface area contributed by atoms with Crippen molar-refractivity contribution in [1.82, 2.24) is 0 Å². The number of benzene rings is 1. The van der Waals surface area contributed by atoms with Crippen molar-refractivity contribution >= 4 is 31.9 Å². The zero-order valence-corrected chi connectivity index (χ0v) is 12.2. The highest BCUT2D eigenvalue weighted by Crippen LogP contribution is 2.38. The first kappa shape index (κ1) is 13.0. The summed E-state index contributed by atoms with van der Waals surface area (Å²) in [6.07, 6.45) is 0. The highest BCUT2D eigenvalue weighted by Gasteiger charge is 2.23. The van der Waals surface area contributed by atoms with Crippen LogP contribution in [0.15, 0.2) is 21.1 Å². The van der Waals surface area contributed by atoms with E-state index in [1.54, 1.807) is 0 Å². The number of halogens is 2. The Morgan fingerprint density at radius 3 is 1.93 bits per heavy atom. The molecule has 0 aliphatic rings. The third-order valence-corrected chi connectivity index (χ3v) is 3.54. The highest BCUT2D eigenvalue weighted by atomic mass is 79.9. The summed E-state index contributed by atoms with van der Waals surface area (Å²) in [6.45, 7) is 6.27. The van der Waals surface area contributed by atoms with Gasteiger partial charge in [0, 0.05) is 6.04 Å². The fourth-order valence-corrected chi connectivity index (χ4v) is 2.49. The summed E-state index contributed by atoms with van der Waals surface area (Å²) in [6, 6.07) is 3.65. The molecular weight excluding hydrogens is 322 g/mol. The van der Waals surface area contributed by atoms with Gasteiger partial charge in [0.25, 0.3) is 0 Å². The molecule has 2 nitrogen and oxygen atoms in total. The molecule has 0 aliphatic carbocycles. The van der Waals surface area contributed by atoms with E-state index in [1.807, 2.05) is 12.1 Å². The molecule has 4 heteroatoms. The second kappa shape index (κ2) is 4.44. The predicted molar refractivity (Wildman–Crippen MR) is 69.9 cm³/mol. The molecule has 0 spiro atoms. The van der Waals surface area contributed by atoms with E-state index in [2.05, 4.69) is 52.6 Å². The van der Waals surface area contributed by atoms with Gasteiger partial charge in [0.1, 0.15) is 5.75 Å². The predicted octanol–water partition coefficient (Wildman–Crippen LogP) is 3.96. The average Bonchev–Trinajstić information content (AvgIpc) is 2.10. The van der Waals surface area contributed by atoms with E-state index in [-0.39, 0.29) is 17.2 Å². The maximum Gasteiger partial charge on any atom is 0.143 e. The maximum atomic E-state index is 9.58. The van der Waals surface area contributed by atoms with Gasteiger partial charge in [-0.2, -0.15) is 0 Å². The molecule has 1 aromatic carbocycles. The zero-order valence-electron chi connectivity index (χ0n) is 9.01. The smallest absolute Gasteiger partial charge is 0.143 e. The summed E-state index contributed by atoms with van der Waals surface area (Å²) in [5.41, 5.74) is 7.13. The quantitative estimate of drug-likeness (QED) is 0.815. The van der Waals surface area contributed by atoms with Crippen LogP contribution in [0.5, 0.6) is 5.75 Å². The minimum Gasteiger partial charge on any atom is -0.506 e. The van der Waals surface area contributed by atoms with Crippen LogP contribution < -0.4 is 5.73 Å². The number of phenolic OH excluding ortho intramolecular Hbond substituents is 1. The van der Waals surface area contributed by atoms with Gasteiger partial charge in [0.15, 0.2) is 0 Å². The van der Waals surface area contributed by atoms with Crippen molar-refractivity contribution in [2.45, 2.75) is 26.8 Å². The van der Waals surface area contributed by atoms with Gasteiger partial charge < -0.3 is 10.8 Å². The van der Waals surface area contributed by atoms with E-state index in [9.17, 15) is 5.11 Å². The molecule has 1 rings (SSSR count). The summed E-state index contributed by atoms with van der Waals surface area (Å²) < 4.78 is 1.32. The summed E-state index contributed by atoms with van der Waals surface area (Å²) >= 11 is 6.59. The van der Waals surface area contributed by atoms with E-state index in [1.165, 1.54) is 0 Å². The van der Waals surface area contributed by atoms with Crippen LogP contribution in [0, 0.1) is 5.41 Å². The lowest BCUT2D eigenvalue weighted by atomic mass is 9.83. The van der Waals surface area contributed by atoms with Gasteiger partial charge in [-0.1, -0.05) is 20.8 Å². The van der Waals surface area contributed by atoms with Gasteiger partial charge in [-0.15, -0.1) is 0 Å². The molecular formula is C11H15Br2NO. The molecule has 1 aromatic rings. The molecule has 0 unspecified atom stereocenters. The van der Waals surface area contributed by atoms with Gasteiger partial charge in [-0.05, 0) is 55.0 Å². The van der Waals surface area contributed by atoms with Crippen LogP contribution in [-0.4, -0.2) is 5.11 Å². The highest BCUT2D eigenvalue weighted by molar-refractivity contribution is 9.11. The molecule has 0 fully saturated rings. The van der Waals surface area contributed by atoms with E-state index in [4.69, 9.17) is 5.73 Å². The van der Waals surface area contributed by atoms with Crippen molar-refractivity contribution in [1.29, 1.82) is 0 Å². The lowest BCUT2D eigenvalue weighted by Gasteiger charge is -2.27. The average molecular weight is 337 g/mol. The SMILES string of the molecule is CC(C)(C)[C@H](N)c1cc(Br)c(O)c(Br)c1. The lowest BCUT2D eigenvalue weighted by Crippen LogP contribution is -2.26. The molecule has 0 saturated carbocycles. The Balaban J connectivity index is 3.17. The number of hydrogen-bond acceptors (Lipinski definition) is 2. The maximum absolute atomic E-state index is 9.58. The Morgan fingerprint density at radius 1 is 1.20 bits per heavy atom. The first-order chi connectivity index (χ1) is 6.73. The molecule has 0 saturated heterocycles. The molecule has 0 radical (unpaired) electrons. The second-order valence-corrected chi connectivity index (χ2v) is 6.39. The molecule has 0 bridgehead atoms.